The summed E-state index contributed by atoms with van der Waals surface area (Å²) in [4.78, 5) is 27.2. The molecule has 6 nitrogen and oxygen atoms in total. The number of aromatic hydroxyl groups is 1. The van der Waals surface area contributed by atoms with Crippen LogP contribution in [0.15, 0.2) is 48.6 Å². The predicted molar refractivity (Wildman–Crippen MR) is 125 cm³/mol. The van der Waals surface area contributed by atoms with Crippen LogP contribution in [-0.4, -0.2) is 28.6 Å². The van der Waals surface area contributed by atoms with Crippen molar-refractivity contribution in [3.05, 3.63) is 70.8 Å². The van der Waals surface area contributed by atoms with Gasteiger partial charge in [0.15, 0.2) is 16.6 Å². The molecule has 2 aromatic rings. The standard InChI is InChI=1S/C24H24N2O4S/c1-5-7-17-11-16(13-20(21(17)27)30-6-2)12-18-22(28)25-24(31)26(23(18)29)19-9-8-14(3)10-15(19)4/h5,8-13,27H,1,6-7H2,2-4H3,(H,25,28,31)/b18-12-. The van der Waals surface area contributed by atoms with E-state index in [-0.39, 0.29) is 22.2 Å². The van der Waals surface area contributed by atoms with Gasteiger partial charge in [0.1, 0.15) is 5.57 Å². The van der Waals surface area contributed by atoms with Crippen LogP contribution in [0.1, 0.15) is 29.2 Å². The van der Waals surface area contributed by atoms with Crippen LogP contribution in [0.25, 0.3) is 6.08 Å². The summed E-state index contributed by atoms with van der Waals surface area (Å²) in [7, 11) is 0. The Labute approximate surface area is 186 Å². The van der Waals surface area contributed by atoms with Gasteiger partial charge in [0.2, 0.25) is 0 Å². The van der Waals surface area contributed by atoms with Crippen molar-refractivity contribution in [2.24, 2.45) is 0 Å². The zero-order valence-electron chi connectivity index (χ0n) is 17.7. The highest BCUT2D eigenvalue weighted by Gasteiger charge is 2.35. The Balaban J connectivity index is 2.08. The molecule has 1 aliphatic rings. The first-order valence-electron chi connectivity index (χ1n) is 9.85. The van der Waals surface area contributed by atoms with E-state index in [0.717, 1.165) is 11.1 Å². The number of carbonyl (C=O) groups is 2. The van der Waals surface area contributed by atoms with Crippen molar-refractivity contribution in [1.82, 2.24) is 5.32 Å². The van der Waals surface area contributed by atoms with Crippen LogP contribution in [0.4, 0.5) is 5.69 Å². The molecular weight excluding hydrogens is 412 g/mol. The Morgan fingerprint density at radius 2 is 1.97 bits per heavy atom. The molecule has 160 valence electrons. The van der Waals surface area contributed by atoms with Crippen LogP contribution in [0.2, 0.25) is 0 Å². The summed E-state index contributed by atoms with van der Waals surface area (Å²) < 4.78 is 5.51. The number of rotatable bonds is 6. The molecule has 2 N–H and O–H groups in total. The summed E-state index contributed by atoms with van der Waals surface area (Å²) in [6.45, 7) is 9.71. The number of anilines is 1. The van der Waals surface area contributed by atoms with Gasteiger partial charge in [-0.3, -0.25) is 19.8 Å². The Hall–Kier alpha value is -3.45. The number of benzene rings is 2. The van der Waals surface area contributed by atoms with Crippen molar-refractivity contribution in [3.63, 3.8) is 0 Å². The molecule has 1 heterocycles. The van der Waals surface area contributed by atoms with Crippen molar-refractivity contribution in [2.45, 2.75) is 27.2 Å². The molecule has 2 aromatic carbocycles. The minimum Gasteiger partial charge on any atom is -0.504 e. The molecule has 0 bridgehead atoms. The van der Waals surface area contributed by atoms with E-state index in [1.165, 1.54) is 11.0 Å². The fourth-order valence-corrected chi connectivity index (χ4v) is 3.72. The lowest BCUT2D eigenvalue weighted by atomic mass is 10.0. The van der Waals surface area contributed by atoms with Crippen LogP contribution >= 0.6 is 12.2 Å². The van der Waals surface area contributed by atoms with Gasteiger partial charge in [-0.15, -0.1) is 6.58 Å². The highest BCUT2D eigenvalue weighted by Crippen LogP contribution is 2.34. The third-order valence-electron chi connectivity index (χ3n) is 4.85. The van der Waals surface area contributed by atoms with Gasteiger partial charge in [-0.1, -0.05) is 23.8 Å². The molecule has 7 heteroatoms. The highest BCUT2D eigenvalue weighted by molar-refractivity contribution is 7.80. The fourth-order valence-electron chi connectivity index (χ4n) is 3.45. The first-order chi connectivity index (χ1) is 14.8. The molecule has 0 atom stereocenters. The fraction of sp³-hybridized carbons (Fsp3) is 0.208. The maximum Gasteiger partial charge on any atom is 0.270 e. The third-order valence-corrected chi connectivity index (χ3v) is 5.13. The average Bonchev–Trinajstić information content (AvgIpc) is 2.70. The summed E-state index contributed by atoms with van der Waals surface area (Å²) >= 11 is 5.28. The lowest BCUT2D eigenvalue weighted by molar-refractivity contribution is -0.122. The molecule has 0 radical (unpaired) electrons. The molecule has 0 saturated carbocycles. The number of carbonyl (C=O) groups excluding carboxylic acids is 2. The van der Waals surface area contributed by atoms with Crippen molar-refractivity contribution >= 4 is 40.9 Å². The summed E-state index contributed by atoms with van der Waals surface area (Å²) in [6.07, 6.45) is 3.53. The molecule has 1 aliphatic heterocycles. The average molecular weight is 437 g/mol. The molecule has 31 heavy (non-hydrogen) atoms. The van der Waals surface area contributed by atoms with Gasteiger partial charge in [-0.05, 0) is 74.8 Å². The van der Waals surface area contributed by atoms with Gasteiger partial charge < -0.3 is 9.84 Å². The maximum absolute atomic E-state index is 13.3. The monoisotopic (exact) mass is 436 g/mol. The van der Waals surface area contributed by atoms with Crippen molar-refractivity contribution in [1.29, 1.82) is 0 Å². The van der Waals surface area contributed by atoms with Crippen LogP contribution in [0.3, 0.4) is 0 Å². The smallest absolute Gasteiger partial charge is 0.270 e. The number of phenols is 1. The summed E-state index contributed by atoms with van der Waals surface area (Å²) in [5.74, 6) is -0.801. The van der Waals surface area contributed by atoms with E-state index in [1.807, 2.05) is 26.0 Å². The van der Waals surface area contributed by atoms with Crippen molar-refractivity contribution in [2.75, 3.05) is 11.5 Å². The van der Waals surface area contributed by atoms with Gasteiger partial charge in [0, 0.05) is 5.56 Å². The summed E-state index contributed by atoms with van der Waals surface area (Å²) in [5, 5.41) is 13.0. The van der Waals surface area contributed by atoms with E-state index in [9.17, 15) is 14.7 Å². The second-order valence-electron chi connectivity index (χ2n) is 7.20. The predicted octanol–water partition coefficient (Wildman–Crippen LogP) is 3.97. The molecule has 0 spiro atoms. The summed E-state index contributed by atoms with van der Waals surface area (Å²) in [6, 6.07) is 8.92. The molecule has 2 amide bonds. The SMILES string of the molecule is C=CCc1cc(/C=C2/C(=O)NC(=S)N(c3ccc(C)cc3C)C2=O)cc(OCC)c1O. The number of hydrogen-bond donors (Lipinski definition) is 2. The normalized spacial score (nSPS) is 15.3. The number of aryl methyl sites for hydroxylation is 2. The van der Waals surface area contributed by atoms with E-state index in [2.05, 4.69) is 11.9 Å². The number of phenolic OH excluding ortho intramolecular Hbond substituents is 1. The zero-order chi connectivity index (χ0) is 22.7. The van der Waals surface area contributed by atoms with Gasteiger partial charge >= 0.3 is 0 Å². The van der Waals surface area contributed by atoms with Gasteiger partial charge in [0.25, 0.3) is 11.8 Å². The third kappa shape index (κ3) is 4.51. The minimum atomic E-state index is -0.577. The molecular formula is C24H24N2O4S. The highest BCUT2D eigenvalue weighted by atomic mass is 32.1. The van der Waals surface area contributed by atoms with Crippen LogP contribution < -0.4 is 15.0 Å². The summed E-state index contributed by atoms with van der Waals surface area (Å²) in [5.41, 5.74) is 3.59. The largest absolute Gasteiger partial charge is 0.504 e. The van der Waals surface area contributed by atoms with Crippen LogP contribution in [0.5, 0.6) is 11.5 Å². The Morgan fingerprint density at radius 3 is 2.61 bits per heavy atom. The second-order valence-corrected chi connectivity index (χ2v) is 7.59. The lowest BCUT2D eigenvalue weighted by Crippen LogP contribution is -2.54. The van der Waals surface area contributed by atoms with Crippen LogP contribution in [-0.2, 0) is 16.0 Å². The van der Waals surface area contributed by atoms with E-state index >= 15 is 0 Å². The second kappa shape index (κ2) is 9.14. The number of allylic oxidation sites excluding steroid dienone is 1. The first kappa shape index (κ1) is 22.2. The van der Waals surface area contributed by atoms with E-state index in [0.29, 0.717) is 29.8 Å². The van der Waals surface area contributed by atoms with Gasteiger partial charge in [0.05, 0.1) is 12.3 Å². The lowest BCUT2D eigenvalue weighted by Gasteiger charge is -2.30. The molecule has 0 unspecified atom stereocenters. The quantitative estimate of drug-likeness (QED) is 0.310. The van der Waals surface area contributed by atoms with Crippen LogP contribution in [0, 0.1) is 13.8 Å². The van der Waals surface area contributed by atoms with Crippen molar-refractivity contribution < 1.29 is 19.4 Å². The topological polar surface area (TPSA) is 78.9 Å². The van der Waals surface area contributed by atoms with Gasteiger partial charge in [-0.2, -0.15) is 0 Å². The van der Waals surface area contributed by atoms with Gasteiger partial charge in [-0.25, -0.2) is 0 Å². The Morgan fingerprint density at radius 1 is 1.23 bits per heavy atom. The number of amides is 2. The molecule has 1 saturated heterocycles. The first-order valence-corrected chi connectivity index (χ1v) is 10.3. The number of nitrogens with zero attached hydrogens (tertiary/aromatic N) is 1. The van der Waals surface area contributed by atoms with Crippen molar-refractivity contribution in [3.8, 4) is 11.5 Å². The minimum absolute atomic E-state index is 0.0152. The molecule has 0 aromatic heterocycles. The number of hydrogen-bond acceptors (Lipinski definition) is 5. The Bertz CT molecular complexity index is 1120. The Kier molecular flexibility index (Phi) is 6.56. The van der Waals surface area contributed by atoms with E-state index in [1.54, 1.807) is 31.2 Å². The molecule has 0 aliphatic carbocycles. The number of nitrogens with one attached hydrogen (secondary N) is 1. The zero-order valence-corrected chi connectivity index (χ0v) is 18.5. The number of ether oxygens (including phenoxy) is 1. The molecule has 1 fully saturated rings. The maximum atomic E-state index is 13.3. The molecule has 3 rings (SSSR count). The van der Waals surface area contributed by atoms with E-state index < -0.39 is 11.8 Å². The van der Waals surface area contributed by atoms with E-state index in [4.69, 9.17) is 17.0 Å². The number of thiocarbonyl (C=S) groups is 1.